The van der Waals surface area contributed by atoms with Gasteiger partial charge in [0.15, 0.2) is 23.7 Å². The SMILES string of the molecule is C#Cc1cccc(Nc2ncnc3cc(OC)c(OCCNC(=O)[C@@H](O)C(O)C(=O)NCC)cc23)c1. The number of aliphatic hydroxyl groups excluding tert-OH is 2. The van der Waals surface area contributed by atoms with E-state index >= 15 is 0 Å². The number of carbonyl (C=O) groups excluding carboxylic acids is 2. The van der Waals surface area contributed by atoms with E-state index in [4.69, 9.17) is 15.9 Å². The molecule has 0 aliphatic rings. The summed E-state index contributed by atoms with van der Waals surface area (Å²) >= 11 is 0. The van der Waals surface area contributed by atoms with Crippen LogP contribution in [0.5, 0.6) is 11.5 Å². The van der Waals surface area contributed by atoms with Gasteiger partial charge in [0.1, 0.15) is 18.8 Å². The van der Waals surface area contributed by atoms with Gasteiger partial charge >= 0.3 is 0 Å². The normalized spacial score (nSPS) is 12.2. The fourth-order valence-electron chi connectivity index (χ4n) is 3.26. The second-order valence-corrected chi connectivity index (χ2v) is 7.52. The Hall–Kier alpha value is -4.40. The summed E-state index contributed by atoms with van der Waals surface area (Å²) in [5.74, 6) is 2.16. The topological polar surface area (TPSA) is 155 Å². The molecular formula is C25H27N5O6. The molecule has 2 atom stereocenters. The highest BCUT2D eigenvalue weighted by Gasteiger charge is 2.29. The Kier molecular flexibility index (Phi) is 8.99. The lowest BCUT2D eigenvalue weighted by Gasteiger charge is -2.17. The van der Waals surface area contributed by atoms with Crippen LogP contribution in [0.3, 0.4) is 0 Å². The molecule has 36 heavy (non-hydrogen) atoms. The van der Waals surface area contributed by atoms with Gasteiger partial charge in [0.05, 0.1) is 19.2 Å². The quantitative estimate of drug-likeness (QED) is 0.192. The van der Waals surface area contributed by atoms with Crippen molar-refractivity contribution in [2.75, 3.05) is 32.1 Å². The van der Waals surface area contributed by atoms with Crippen LogP contribution in [0, 0.1) is 12.3 Å². The molecule has 0 fully saturated rings. The highest BCUT2D eigenvalue weighted by Crippen LogP contribution is 2.34. The summed E-state index contributed by atoms with van der Waals surface area (Å²) in [7, 11) is 1.49. The van der Waals surface area contributed by atoms with Crippen LogP contribution >= 0.6 is 0 Å². The van der Waals surface area contributed by atoms with Gasteiger partial charge in [-0.2, -0.15) is 0 Å². The molecule has 0 aliphatic carbocycles. The summed E-state index contributed by atoms with van der Waals surface area (Å²) in [6.07, 6.45) is 3.12. The van der Waals surface area contributed by atoms with Crippen LogP contribution in [0.25, 0.3) is 10.9 Å². The first-order valence-electron chi connectivity index (χ1n) is 11.1. The number of carbonyl (C=O) groups is 2. The zero-order valence-corrected chi connectivity index (χ0v) is 19.8. The minimum atomic E-state index is -1.91. The number of methoxy groups -OCH3 is 1. The fourth-order valence-corrected chi connectivity index (χ4v) is 3.26. The van der Waals surface area contributed by atoms with Crippen LogP contribution in [-0.2, 0) is 9.59 Å². The number of aliphatic hydroxyl groups is 2. The number of rotatable bonds is 11. The van der Waals surface area contributed by atoms with Gasteiger partial charge < -0.3 is 35.6 Å². The molecular weight excluding hydrogens is 466 g/mol. The average molecular weight is 494 g/mol. The Morgan fingerprint density at radius 3 is 2.53 bits per heavy atom. The molecule has 11 heteroatoms. The number of ether oxygens (including phenoxy) is 2. The number of fused-ring (bicyclic) bond motifs is 1. The third kappa shape index (κ3) is 6.38. The lowest BCUT2D eigenvalue weighted by molar-refractivity contribution is -0.146. The van der Waals surface area contributed by atoms with E-state index < -0.39 is 24.0 Å². The first-order chi connectivity index (χ1) is 17.4. The molecule has 0 saturated heterocycles. The Bertz CT molecular complexity index is 1280. The molecule has 5 N–H and O–H groups in total. The van der Waals surface area contributed by atoms with Gasteiger partial charge in [0, 0.05) is 29.2 Å². The van der Waals surface area contributed by atoms with Crippen molar-refractivity contribution < 1.29 is 29.3 Å². The maximum absolute atomic E-state index is 12.0. The van der Waals surface area contributed by atoms with E-state index in [1.54, 1.807) is 19.1 Å². The summed E-state index contributed by atoms with van der Waals surface area (Å²) in [5.41, 5.74) is 2.08. The molecule has 0 spiro atoms. The van der Waals surface area contributed by atoms with Crippen molar-refractivity contribution in [2.24, 2.45) is 0 Å². The van der Waals surface area contributed by atoms with Crippen molar-refractivity contribution in [3.63, 3.8) is 0 Å². The highest BCUT2D eigenvalue weighted by molar-refractivity contribution is 5.93. The van der Waals surface area contributed by atoms with Crippen molar-refractivity contribution in [1.82, 2.24) is 20.6 Å². The van der Waals surface area contributed by atoms with Crippen LogP contribution in [0.15, 0.2) is 42.7 Å². The van der Waals surface area contributed by atoms with E-state index in [0.717, 1.165) is 11.3 Å². The van der Waals surface area contributed by atoms with Crippen molar-refractivity contribution >= 4 is 34.2 Å². The summed E-state index contributed by atoms with van der Waals surface area (Å²) in [4.78, 5) is 32.3. The molecule has 11 nitrogen and oxygen atoms in total. The molecule has 0 aliphatic heterocycles. The van der Waals surface area contributed by atoms with Gasteiger partial charge in [0.2, 0.25) is 0 Å². The number of hydrogen-bond donors (Lipinski definition) is 5. The third-order valence-electron chi connectivity index (χ3n) is 5.06. The number of nitrogens with zero attached hydrogens (tertiary/aromatic N) is 2. The zero-order chi connectivity index (χ0) is 26.1. The van der Waals surface area contributed by atoms with Gasteiger partial charge in [-0.25, -0.2) is 9.97 Å². The van der Waals surface area contributed by atoms with Crippen LogP contribution in [0.2, 0.25) is 0 Å². The van der Waals surface area contributed by atoms with E-state index in [2.05, 4.69) is 31.8 Å². The Balaban J connectivity index is 1.70. The van der Waals surface area contributed by atoms with E-state index in [1.807, 2.05) is 24.3 Å². The predicted molar refractivity (Wildman–Crippen MR) is 133 cm³/mol. The summed E-state index contributed by atoms with van der Waals surface area (Å²) in [5, 5.41) is 28.2. The lowest BCUT2D eigenvalue weighted by Crippen LogP contribution is -2.50. The lowest BCUT2D eigenvalue weighted by atomic mass is 10.1. The maximum Gasteiger partial charge on any atom is 0.252 e. The van der Waals surface area contributed by atoms with Crippen LogP contribution in [0.4, 0.5) is 11.5 Å². The van der Waals surface area contributed by atoms with Crippen LogP contribution in [-0.4, -0.2) is 71.0 Å². The number of likely N-dealkylation sites (N-methyl/N-ethyl adjacent to an activating group) is 1. The first-order valence-corrected chi connectivity index (χ1v) is 11.1. The second kappa shape index (κ2) is 12.3. The molecule has 0 radical (unpaired) electrons. The molecule has 1 unspecified atom stereocenters. The Morgan fingerprint density at radius 1 is 1.08 bits per heavy atom. The number of hydrogen-bond acceptors (Lipinski definition) is 9. The van der Waals surface area contributed by atoms with Gasteiger partial charge in [0.25, 0.3) is 11.8 Å². The van der Waals surface area contributed by atoms with Crippen molar-refractivity contribution in [2.45, 2.75) is 19.1 Å². The molecule has 3 aromatic rings. The molecule has 1 aromatic heterocycles. The van der Waals surface area contributed by atoms with Gasteiger partial charge in [-0.1, -0.05) is 12.0 Å². The van der Waals surface area contributed by atoms with E-state index in [0.29, 0.717) is 28.2 Å². The van der Waals surface area contributed by atoms with Crippen LogP contribution in [0.1, 0.15) is 12.5 Å². The molecule has 0 bridgehead atoms. The minimum absolute atomic E-state index is 0.00548. The molecule has 0 saturated carbocycles. The Morgan fingerprint density at radius 2 is 1.83 bits per heavy atom. The number of benzene rings is 2. The van der Waals surface area contributed by atoms with Gasteiger partial charge in [-0.3, -0.25) is 9.59 Å². The molecule has 2 amide bonds. The monoisotopic (exact) mass is 493 g/mol. The second-order valence-electron chi connectivity index (χ2n) is 7.52. The smallest absolute Gasteiger partial charge is 0.252 e. The van der Waals surface area contributed by atoms with Crippen LogP contribution < -0.4 is 25.4 Å². The highest BCUT2D eigenvalue weighted by atomic mass is 16.5. The van der Waals surface area contributed by atoms with E-state index in [9.17, 15) is 19.8 Å². The van der Waals surface area contributed by atoms with Crippen molar-refractivity contribution in [3.05, 3.63) is 48.3 Å². The largest absolute Gasteiger partial charge is 0.493 e. The minimum Gasteiger partial charge on any atom is -0.493 e. The first kappa shape index (κ1) is 26.2. The number of nitrogens with one attached hydrogen (secondary N) is 3. The summed E-state index contributed by atoms with van der Waals surface area (Å²) < 4.78 is 11.2. The number of terminal acetylenes is 1. The van der Waals surface area contributed by atoms with Gasteiger partial charge in [-0.05, 0) is 31.2 Å². The number of anilines is 2. The van der Waals surface area contributed by atoms with E-state index in [1.165, 1.54) is 13.4 Å². The van der Waals surface area contributed by atoms with E-state index in [-0.39, 0.29) is 19.7 Å². The summed E-state index contributed by atoms with van der Waals surface area (Å²) in [6, 6.07) is 10.7. The van der Waals surface area contributed by atoms with Crippen molar-refractivity contribution in [1.29, 1.82) is 0 Å². The molecule has 3 rings (SSSR count). The summed E-state index contributed by atoms with van der Waals surface area (Å²) in [6.45, 7) is 1.91. The van der Waals surface area contributed by atoms with Crippen molar-refractivity contribution in [3.8, 4) is 23.8 Å². The number of aromatic nitrogens is 2. The molecule has 188 valence electrons. The average Bonchev–Trinajstić information content (AvgIpc) is 2.90. The standard InChI is InChI=1S/C25H27N5O6/c1-4-15-7-6-8-16(11-15)30-23-17-12-20(19(35-3)13-18(17)28-14-29-23)36-10-9-27-25(34)22(32)21(31)24(33)26-5-2/h1,6-8,11-14,21-22,31-32H,5,9-10H2,2-3H3,(H,26,33)(H,27,34)(H,28,29,30)/t21?,22-/m0/s1. The predicted octanol–water partition coefficient (Wildman–Crippen LogP) is 0.716. The molecule has 2 aromatic carbocycles. The maximum atomic E-state index is 12.0. The number of amides is 2. The molecule has 1 heterocycles. The fraction of sp³-hybridized carbons (Fsp3) is 0.280. The third-order valence-corrected chi connectivity index (χ3v) is 5.06. The Labute approximate surface area is 207 Å². The van der Waals surface area contributed by atoms with Gasteiger partial charge in [-0.15, -0.1) is 6.42 Å². The zero-order valence-electron chi connectivity index (χ0n) is 19.8.